The third kappa shape index (κ3) is 5.44. The summed E-state index contributed by atoms with van der Waals surface area (Å²) in [5.74, 6) is -0.572. The van der Waals surface area contributed by atoms with Gasteiger partial charge in [0.05, 0.1) is 39.5 Å². The lowest BCUT2D eigenvalue weighted by molar-refractivity contribution is -0.857. The van der Waals surface area contributed by atoms with E-state index in [2.05, 4.69) is 0 Å². The molecule has 1 unspecified atom stereocenters. The van der Waals surface area contributed by atoms with Gasteiger partial charge < -0.3 is 28.8 Å². The van der Waals surface area contributed by atoms with E-state index in [9.17, 15) is 14.7 Å². The van der Waals surface area contributed by atoms with Crippen molar-refractivity contribution in [3.05, 3.63) is 95.1 Å². The summed E-state index contributed by atoms with van der Waals surface area (Å²) >= 11 is 0. The lowest BCUT2D eigenvalue weighted by Gasteiger charge is -2.28. The SMILES string of the molecule is Cc1ccccc1OCCOc1ccc(C2C(C(=O)c3ccco3)=C([O-])C(=O)N2CC[NH+](C)C)cc1. The number of ether oxygens (including phenoxy) is 2. The molecule has 1 aliphatic heterocycles. The van der Waals surface area contributed by atoms with E-state index >= 15 is 0 Å². The zero-order chi connectivity index (χ0) is 25.7. The highest BCUT2D eigenvalue weighted by Gasteiger charge is 2.40. The van der Waals surface area contributed by atoms with E-state index in [0.29, 0.717) is 37.6 Å². The van der Waals surface area contributed by atoms with Crippen LogP contribution in [-0.2, 0) is 4.79 Å². The Bertz CT molecular complexity index is 1230. The predicted molar refractivity (Wildman–Crippen MR) is 131 cm³/mol. The summed E-state index contributed by atoms with van der Waals surface area (Å²) in [4.78, 5) is 28.6. The van der Waals surface area contributed by atoms with Gasteiger partial charge in [0.15, 0.2) is 5.76 Å². The van der Waals surface area contributed by atoms with E-state index in [0.717, 1.165) is 16.2 Å². The second-order valence-electron chi connectivity index (χ2n) is 8.94. The number of furan rings is 1. The van der Waals surface area contributed by atoms with Crippen LogP contribution in [0.15, 0.2) is 82.7 Å². The highest BCUT2D eigenvalue weighted by molar-refractivity contribution is 6.14. The van der Waals surface area contributed by atoms with Gasteiger partial charge in [-0.2, -0.15) is 0 Å². The Morgan fingerprint density at radius 1 is 1.03 bits per heavy atom. The van der Waals surface area contributed by atoms with Crippen molar-refractivity contribution < 1.29 is 33.5 Å². The van der Waals surface area contributed by atoms with Crippen LogP contribution in [0.4, 0.5) is 0 Å². The summed E-state index contributed by atoms with van der Waals surface area (Å²) < 4.78 is 16.8. The number of Topliss-reactive ketones (excluding diaryl/α,β-unsaturated/α-hetero) is 1. The summed E-state index contributed by atoms with van der Waals surface area (Å²) in [6, 6.07) is 17.1. The van der Waals surface area contributed by atoms with Crippen molar-refractivity contribution in [1.82, 2.24) is 4.90 Å². The number of amides is 1. The number of likely N-dealkylation sites (N-methyl/N-ethyl adjacent to an activating group) is 1. The number of para-hydroxylation sites is 1. The largest absolute Gasteiger partial charge is 0.868 e. The maximum Gasteiger partial charge on any atom is 0.240 e. The minimum Gasteiger partial charge on any atom is -0.868 e. The number of carbonyl (C=O) groups excluding carboxylic acids is 2. The Kier molecular flexibility index (Phi) is 7.75. The molecule has 0 spiro atoms. The first-order valence-corrected chi connectivity index (χ1v) is 11.9. The summed E-state index contributed by atoms with van der Waals surface area (Å²) in [5.41, 5.74) is 1.62. The molecule has 2 aromatic carbocycles. The van der Waals surface area contributed by atoms with Crippen molar-refractivity contribution in [1.29, 1.82) is 0 Å². The molecule has 0 aliphatic carbocycles. The number of hydrogen-bond acceptors (Lipinski definition) is 6. The van der Waals surface area contributed by atoms with E-state index in [1.807, 2.05) is 45.3 Å². The Hall–Kier alpha value is -4.04. The van der Waals surface area contributed by atoms with E-state index < -0.39 is 23.5 Å². The van der Waals surface area contributed by atoms with Crippen molar-refractivity contribution in [3.63, 3.8) is 0 Å². The zero-order valence-corrected chi connectivity index (χ0v) is 20.7. The first kappa shape index (κ1) is 25.1. The van der Waals surface area contributed by atoms with Gasteiger partial charge in [0.1, 0.15) is 24.7 Å². The van der Waals surface area contributed by atoms with Gasteiger partial charge in [-0.15, -0.1) is 0 Å². The van der Waals surface area contributed by atoms with Crippen molar-refractivity contribution in [2.24, 2.45) is 0 Å². The second kappa shape index (κ2) is 11.1. The number of hydrogen-bond donors (Lipinski definition) is 1. The number of rotatable bonds is 11. The molecule has 1 amide bonds. The molecule has 1 aliphatic rings. The third-order valence-corrected chi connectivity index (χ3v) is 6.03. The molecule has 188 valence electrons. The second-order valence-corrected chi connectivity index (χ2v) is 8.94. The molecule has 0 fully saturated rings. The van der Waals surface area contributed by atoms with E-state index in [4.69, 9.17) is 13.9 Å². The lowest BCUT2D eigenvalue weighted by atomic mass is 9.95. The highest BCUT2D eigenvalue weighted by atomic mass is 16.5. The van der Waals surface area contributed by atoms with Crippen molar-refractivity contribution in [2.75, 3.05) is 40.4 Å². The van der Waals surface area contributed by atoms with E-state index in [1.165, 1.54) is 17.2 Å². The Morgan fingerprint density at radius 2 is 1.75 bits per heavy atom. The van der Waals surface area contributed by atoms with Gasteiger partial charge in [-0.25, -0.2) is 0 Å². The average Bonchev–Trinajstić information content (AvgIpc) is 3.49. The predicted octanol–water partition coefficient (Wildman–Crippen LogP) is 1.57. The Labute approximate surface area is 210 Å². The number of quaternary nitrogens is 1. The molecule has 0 saturated carbocycles. The molecule has 1 atom stereocenters. The summed E-state index contributed by atoms with van der Waals surface area (Å²) in [5, 5.41) is 12.9. The molecule has 0 radical (unpaired) electrons. The fourth-order valence-electron chi connectivity index (χ4n) is 4.11. The molecule has 0 bridgehead atoms. The molecule has 0 saturated heterocycles. The van der Waals surface area contributed by atoms with Crippen molar-refractivity contribution in [2.45, 2.75) is 13.0 Å². The van der Waals surface area contributed by atoms with Gasteiger partial charge >= 0.3 is 0 Å². The number of nitrogens with zero attached hydrogens (tertiary/aromatic N) is 1. The van der Waals surface area contributed by atoms with E-state index in [-0.39, 0.29) is 11.3 Å². The highest BCUT2D eigenvalue weighted by Crippen LogP contribution is 2.38. The van der Waals surface area contributed by atoms with Gasteiger partial charge in [0, 0.05) is 5.57 Å². The number of carbonyl (C=O) groups is 2. The Morgan fingerprint density at radius 3 is 2.42 bits per heavy atom. The normalized spacial score (nSPS) is 15.6. The molecule has 1 aromatic heterocycles. The number of benzene rings is 2. The van der Waals surface area contributed by atoms with Crippen molar-refractivity contribution >= 4 is 11.7 Å². The third-order valence-electron chi connectivity index (χ3n) is 6.03. The van der Waals surface area contributed by atoms with Crippen LogP contribution in [-0.4, -0.2) is 57.0 Å². The fourth-order valence-corrected chi connectivity index (χ4v) is 4.11. The zero-order valence-electron chi connectivity index (χ0n) is 20.7. The number of nitrogens with one attached hydrogen (secondary N) is 1. The molecule has 1 N–H and O–H groups in total. The summed E-state index contributed by atoms with van der Waals surface area (Å²) in [6.45, 7) is 3.67. The van der Waals surface area contributed by atoms with Gasteiger partial charge in [0.2, 0.25) is 11.7 Å². The minimum atomic E-state index is -0.791. The lowest BCUT2D eigenvalue weighted by Crippen LogP contribution is -3.06. The molecule has 8 nitrogen and oxygen atoms in total. The van der Waals surface area contributed by atoms with Gasteiger partial charge in [-0.05, 0) is 54.1 Å². The topological polar surface area (TPSA) is 96.5 Å². The van der Waals surface area contributed by atoms with E-state index in [1.54, 1.807) is 30.3 Å². The van der Waals surface area contributed by atoms with Crippen molar-refractivity contribution in [3.8, 4) is 11.5 Å². The van der Waals surface area contributed by atoms with Crippen LogP contribution in [0.2, 0.25) is 0 Å². The fraction of sp³-hybridized carbons (Fsp3) is 0.286. The molecule has 8 heteroatoms. The summed E-state index contributed by atoms with van der Waals surface area (Å²) in [7, 11) is 3.93. The monoisotopic (exact) mass is 490 g/mol. The summed E-state index contributed by atoms with van der Waals surface area (Å²) in [6.07, 6.45) is 1.37. The van der Waals surface area contributed by atoms with Gasteiger partial charge in [-0.3, -0.25) is 9.59 Å². The van der Waals surface area contributed by atoms with Crippen LogP contribution < -0.4 is 19.5 Å². The molecular formula is C28H30N2O6. The Balaban J connectivity index is 1.49. The number of ketones is 1. The van der Waals surface area contributed by atoms with Crippen LogP contribution in [0.25, 0.3) is 0 Å². The molecular weight excluding hydrogens is 460 g/mol. The van der Waals surface area contributed by atoms with Gasteiger partial charge in [0.25, 0.3) is 0 Å². The number of aryl methyl sites for hydroxylation is 1. The molecule has 36 heavy (non-hydrogen) atoms. The van der Waals surface area contributed by atoms with Crippen LogP contribution in [0.1, 0.15) is 27.7 Å². The quantitative estimate of drug-likeness (QED) is 0.324. The molecule has 4 rings (SSSR count). The van der Waals surface area contributed by atoms with Crippen LogP contribution >= 0.6 is 0 Å². The molecule has 3 aromatic rings. The standard InChI is InChI=1S/C28H30N2O6/c1-19-7-4-5-8-22(19)36-18-17-34-21-12-10-20(11-13-21)25-24(26(31)23-9-6-16-35-23)27(32)28(33)30(25)15-14-29(2)3/h4-13,16,25,32H,14-15,17-18H2,1-3H3. The van der Waals surface area contributed by atoms with Gasteiger partial charge in [-0.1, -0.05) is 30.3 Å². The maximum absolute atomic E-state index is 13.1. The van der Waals surface area contributed by atoms with Crippen LogP contribution in [0.3, 0.4) is 0 Å². The van der Waals surface area contributed by atoms with Crippen LogP contribution in [0, 0.1) is 6.92 Å². The maximum atomic E-state index is 13.1. The minimum absolute atomic E-state index is 0.0323. The smallest absolute Gasteiger partial charge is 0.240 e. The van der Waals surface area contributed by atoms with Crippen LogP contribution in [0.5, 0.6) is 11.5 Å². The molecule has 2 heterocycles. The first-order valence-electron chi connectivity index (χ1n) is 11.9. The first-order chi connectivity index (χ1) is 17.4. The average molecular weight is 491 g/mol.